The van der Waals surface area contributed by atoms with Gasteiger partial charge in [0.15, 0.2) is 0 Å². The summed E-state index contributed by atoms with van der Waals surface area (Å²) in [7, 11) is 0. The minimum absolute atomic E-state index is 0.213. The number of rotatable bonds is 6. The summed E-state index contributed by atoms with van der Waals surface area (Å²) in [6.07, 6.45) is 4.29. The molecule has 0 rings (SSSR count). The Hall–Kier alpha value is -1.58. The summed E-state index contributed by atoms with van der Waals surface area (Å²) >= 11 is 0. The molecule has 0 saturated carbocycles. The molecule has 0 radical (unpaired) electrons. The molecule has 0 aromatic carbocycles. The molecule has 4 nitrogen and oxygen atoms in total. The summed E-state index contributed by atoms with van der Waals surface area (Å²) in [4.78, 5) is 21.3. The van der Waals surface area contributed by atoms with Gasteiger partial charge in [0.2, 0.25) is 0 Å². The molecule has 4 heteroatoms. The van der Waals surface area contributed by atoms with Gasteiger partial charge in [-0.15, -0.1) is 0 Å². The molecule has 0 unspecified atom stereocenters. The zero-order valence-corrected chi connectivity index (χ0v) is 8.99. The maximum atomic E-state index is 10.7. The van der Waals surface area contributed by atoms with Crippen LogP contribution in [0.15, 0.2) is 23.3 Å². The standard InChI is InChI=1S/C11H16O4/c1-3-5-9(11(14)15)7-6-8(4-2)10(12)13/h6-7H,3-5H2,1-2H3,(H,12,13)(H,14,15). The lowest BCUT2D eigenvalue weighted by Crippen LogP contribution is -2.01. The second-order valence-electron chi connectivity index (χ2n) is 3.10. The molecule has 0 heterocycles. The van der Waals surface area contributed by atoms with Gasteiger partial charge >= 0.3 is 11.9 Å². The Balaban J connectivity index is 4.82. The Morgan fingerprint density at radius 3 is 1.80 bits per heavy atom. The predicted octanol–water partition coefficient (Wildman–Crippen LogP) is 2.22. The summed E-state index contributed by atoms with van der Waals surface area (Å²) in [6.45, 7) is 3.59. The number of carboxylic acid groups (broad SMARTS) is 2. The van der Waals surface area contributed by atoms with Gasteiger partial charge in [-0.25, -0.2) is 9.59 Å². The van der Waals surface area contributed by atoms with Gasteiger partial charge in [0, 0.05) is 11.1 Å². The maximum absolute atomic E-state index is 10.7. The molecule has 84 valence electrons. The Morgan fingerprint density at radius 1 is 1.00 bits per heavy atom. The molecule has 0 amide bonds. The van der Waals surface area contributed by atoms with Gasteiger partial charge in [-0.1, -0.05) is 32.4 Å². The quantitative estimate of drug-likeness (QED) is 0.523. The van der Waals surface area contributed by atoms with E-state index >= 15 is 0 Å². The fourth-order valence-electron chi connectivity index (χ4n) is 1.07. The van der Waals surface area contributed by atoms with Crippen LogP contribution in [0, 0.1) is 0 Å². The van der Waals surface area contributed by atoms with Gasteiger partial charge in [-0.2, -0.15) is 0 Å². The second kappa shape index (κ2) is 6.81. The number of allylic oxidation sites excluding steroid dienone is 2. The molecule has 0 fully saturated rings. The van der Waals surface area contributed by atoms with Crippen molar-refractivity contribution in [3.8, 4) is 0 Å². The van der Waals surface area contributed by atoms with E-state index in [2.05, 4.69) is 0 Å². The molecule has 0 atom stereocenters. The summed E-state index contributed by atoms with van der Waals surface area (Å²) in [5.74, 6) is -2.00. The van der Waals surface area contributed by atoms with Crippen LogP contribution in [0.2, 0.25) is 0 Å². The predicted molar refractivity (Wildman–Crippen MR) is 56.6 cm³/mol. The number of carbonyl (C=O) groups is 2. The molecule has 0 aliphatic heterocycles. The van der Waals surface area contributed by atoms with Crippen LogP contribution in [0.3, 0.4) is 0 Å². The smallest absolute Gasteiger partial charge is 0.331 e. The second-order valence-corrected chi connectivity index (χ2v) is 3.10. The zero-order chi connectivity index (χ0) is 11.8. The summed E-state index contributed by atoms with van der Waals surface area (Å²) in [6, 6.07) is 0. The van der Waals surface area contributed by atoms with E-state index in [9.17, 15) is 9.59 Å². The van der Waals surface area contributed by atoms with Crippen molar-refractivity contribution in [1.82, 2.24) is 0 Å². The Bertz CT molecular complexity index is 300. The van der Waals surface area contributed by atoms with Crippen LogP contribution in [-0.4, -0.2) is 22.2 Å². The van der Waals surface area contributed by atoms with Gasteiger partial charge < -0.3 is 10.2 Å². The third-order valence-corrected chi connectivity index (χ3v) is 1.94. The molecular weight excluding hydrogens is 196 g/mol. The fraction of sp³-hybridized carbons (Fsp3) is 0.455. The molecule has 0 spiro atoms. The lowest BCUT2D eigenvalue weighted by atomic mass is 10.1. The van der Waals surface area contributed by atoms with Crippen LogP contribution in [0.1, 0.15) is 33.1 Å². The zero-order valence-electron chi connectivity index (χ0n) is 8.99. The van der Waals surface area contributed by atoms with Crippen LogP contribution < -0.4 is 0 Å². The number of hydrogen-bond donors (Lipinski definition) is 2. The van der Waals surface area contributed by atoms with Crippen molar-refractivity contribution in [3.05, 3.63) is 23.3 Å². The average Bonchev–Trinajstić information content (AvgIpc) is 2.16. The highest BCUT2D eigenvalue weighted by atomic mass is 16.4. The average molecular weight is 212 g/mol. The van der Waals surface area contributed by atoms with Crippen LogP contribution in [0.5, 0.6) is 0 Å². The Kier molecular flexibility index (Phi) is 6.09. The van der Waals surface area contributed by atoms with E-state index in [0.29, 0.717) is 12.8 Å². The molecule has 0 saturated heterocycles. The van der Waals surface area contributed by atoms with Gasteiger partial charge in [-0.05, 0) is 12.8 Å². The van der Waals surface area contributed by atoms with Gasteiger partial charge in [-0.3, -0.25) is 0 Å². The molecule has 0 aromatic heterocycles. The minimum Gasteiger partial charge on any atom is -0.478 e. The normalized spacial score (nSPS) is 12.7. The monoisotopic (exact) mass is 212 g/mol. The molecule has 15 heavy (non-hydrogen) atoms. The minimum atomic E-state index is -1.00. The first-order chi connectivity index (χ1) is 7.02. The summed E-state index contributed by atoms with van der Waals surface area (Å²) in [5.41, 5.74) is 0.453. The van der Waals surface area contributed by atoms with Crippen molar-refractivity contribution in [2.45, 2.75) is 33.1 Å². The third kappa shape index (κ3) is 5.00. The van der Waals surface area contributed by atoms with Crippen LogP contribution >= 0.6 is 0 Å². The van der Waals surface area contributed by atoms with Crippen molar-refractivity contribution in [2.24, 2.45) is 0 Å². The van der Waals surface area contributed by atoms with E-state index in [1.54, 1.807) is 6.92 Å². The van der Waals surface area contributed by atoms with Gasteiger partial charge in [0.1, 0.15) is 0 Å². The first-order valence-electron chi connectivity index (χ1n) is 4.89. The van der Waals surface area contributed by atoms with Crippen molar-refractivity contribution in [3.63, 3.8) is 0 Å². The SMILES string of the molecule is CCCC(=CC=C(CC)C(=O)O)C(=O)O. The molecule has 0 aliphatic carbocycles. The van der Waals surface area contributed by atoms with E-state index in [1.165, 1.54) is 12.2 Å². The van der Waals surface area contributed by atoms with Crippen molar-refractivity contribution >= 4 is 11.9 Å². The van der Waals surface area contributed by atoms with E-state index in [4.69, 9.17) is 10.2 Å². The number of aliphatic carboxylic acids is 2. The molecule has 2 N–H and O–H groups in total. The van der Waals surface area contributed by atoms with Crippen LogP contribution in [-0.2, 0) is 9.59 Å². The van der Waals surface area contributed by atoms with E-state index in [-0.39, 0.29) is 11.1 Å². The highest BCUT2D eigenvalue weighted by Crippen LogP contribution is 2.08. The van der Waals surface area contributed by atoms with Crippen LogP contribution in [0.25, 0.3) is 0 Å². The van der Waals surface area contributed by atoms with Crippen molar-refractivity contribution < 1.29 is 19.8 Å². The van der Waals surface area contributed by atoms with Crippen LogP contribution in [0.4, 0.5) is 0 Å². The topological polar surface area (TPSA) is 74.6 Å². The van der Waals surface area contributed by atoms with E-state index in [1.807, 2.05) is 6.92 Å². The molecule has 0 aromatic rings. The molecule has 0 bridgehead atoms. The summed E-state index contributed by atoms with van der Waals surface area (Å²) < 4.78 is 0. The maximum Gasteiger partial charge on any atom is 0.331 e. The van der Waals surface area contributed by atoms with Gasteiger partial charge in [0.05, 0.1) is 0 Å². The van der Waals surface area contributed by atoms with Gasteiger partial charge in [0.25, 0.3) is 0 Å². The fourth-order valence-corrected chi connectivity index (χ4v) is 1.07. The van der Waals surface area contributed by atoms with Crippen molar-refractivity contribution in [1.29, 1.82) is 0 Å². The Morgan fingerprint density at radius 2 is 1.47 bits per heavy atom. The number of hydrogen-bond acceptors (Lipinski definition) is 2. The first-order valence-corrected chi connectivity index (χ1v) is 4.89. The van der Waals surface area contributed by atoms with E-state index < -0.39 is 11.9 Å². The lowest BCUT2D eigenvalue weighted by Gasteiger charge is -1.98. The van der Waals surface area contributed by atoms with Crippen molar-refractivity contribution in [2.75, 3.05) is 0 Å². The third-order valence-electron chi connectivity index (χ3n) is 1.94. The molecular formula is C11H16O4. The largest absolute Gasteiger partial charge is 0.478 e. The lowest BCUT2D eigenvalue weighted by molar-refractivity contribution is -0.133. The summed E-state index contributed by atoms with van der Waals surface area (Å²) in [5, 5.41) is 17.5. The number of carboxylic acids is 2. The first kappa shape index (κ1) is 13.4. The van der Waals surface area contributed by atoms with E-state index in [0.717, 1.165) is 6.42 Å². The Labute approximate surface area is 88.9 Å². The highest BCUT2D eigenvalue weighted by molar-refractivity contribution is 5.89. The highest BCUT2D eigenvalue weighted by Gasteiger charge is 2.06. The molecule has 0 aliphatic rings.